The van der Waals surface area contributed by atoms with Crippen LogP contribution in [0, 0.1) is 25.7 Å². The molecular weight excluding hydrogens is 354 g/mol. The van der Waals surface area contributed by atoms with E-state index in [1.165, 1.54) is 11.1 Å². The summed E-state index contributed by atoms with van der Waals surface area (Å²) in [5.74, 6) is 0.0270. The van der Waals surface area contributed by atoms with E-state index in [1.54, 1.807) is 7.11 Å². The number of H-pyrrole nitrogens is 1. The molecule has 0 spiro atoms. The Hall–Kier alpha value is -2.34. The molecule has 152 valence electrons. The van der Waals surface area contributed by atoms with Crippen molar-refractivity contribution in [2.24, 2.45) is 11.8 Å². The maximum Gasteiger partial charge on any atom is 0.267 e. The fourth-order valence-electron chi connectivity index (χ4n) is 3.93. The molecule has 6 heteroatoms. The number of amides is 2. The summed E-state index contributed by atoms with van der Waals surface area (Å²) in [4.78, 5) is 28.0. The number of ether oxygens (including phenoxy) is 1. The van der Waals surface area contributed by atoms with Gasteiger partial charge in [-0.1, -0.05) is 13.0 Å². The van der Waals surface area contributed by atoms with Gasteiger partial charge in [0.05, 0.1) is 12.0 Å². The SMILES string of the molecule is COC1CCCC1C(=O)NCC(C)CNC(=O)c1cc2c(C)c(C)ccc2[nH]1. The predicted molar refractivity (Wildman–Crippen MR) is 110 cm³/mol. The Kier molecular flexibility index (Phi) is 6.39. The summed E-state index contributed by atoms with van der Waals surface area (Å²) in [5.41, 5.74) is 3.93. The minimum Gasteiger partial charge on any atom is -0.381 e. The molecule has 0 aliphatic heterocycles. The van der Waals surface area contributed by atoms with Gasteiger partial charge in [0.2, 0.25) is 5.91 Å². The first-order chi connectivity index (χ1) is 13.4. The number of aromatic nitrogens is 1. The number of hydrogen-bond donors (Lipinski definition) is 3. The molecule has 1 heterocycles. The summed E-state index contributed by atoms with van der Waals surface area (Å²) < 4.78 is 5.40. The number of rotatable bonds is 7. The van der Waals surface area contributed by atoms with Gasteiger partial charge in [0, 0.05) is 31.1 Å². The molecule has 1 aromatic carbocycles. The number of hydrogen-bond acceptors (Lipinski definition) is 3. The van der Waals surface area contributed by atoms with Crippen LogP contribution in [0.5, 0.6) is 0 Å². The standard InChI is InChI=1S/C22H31N3O3/c1-13(11-23-21(26)16-6-5-7-20(16)28-4)12-24-22(27)19-10-17-15(3)14(2)8-9-18(17)25-19/h8-10,13,16,20,25H,5-7,11-12H2,1-4H3,(H,23,26)(H,24,27). The first kappa shape index (κ1) is 20.4. The summed E-state index contributed by atoms with van der Waals surface area (Å²) in [7, 11) is 1.67. The van der Waals surface area contributed by atoms with Crippen LogP contribution in [0.4, 0.5) is 0 Å². The highest BCUT2D eigenvalue weighted by Gasteiger charge is 2.32. The predicted octanol–water partition coefficient (Wildman–Crippen LogP) is 3.08. The van der Waals surface area contributed by atoms with E-state index in [4.69, 9.17) is 4.74 Å². The van der Waals surface area contributed by atoms with Gasteiger partial charge >= 0.3 is 0 Å². The number of aryl methyl sites for hydroxylation is 2. The Morgan fingerprint density at radius 2 is 1.96 bits per heavy atom. The summed E-state index contributed by atoms with van der Waals surface area (Å²) in [6, 6.07) is 5.96. The molecule has 1 aromatic heterocycles. The lowest BCUT2D eigenvalue weighted by Crippen LogP contribution is -2.40. The molecular formula is C22H31N3O3. The van der Waals surface area contributed by atoms with Crippen LogP contribution in [0.15, 0.2) is 18.2 Å². The van der Waals surface area contributed by atoms with Crippen molar-refractivity contribution in [1.29, 1.82) is 0 Å². The summed E-state index contributed by atoms with van der Waals surface area (Å²) >= 11 is 0. The minimum atomic E-state index is -0.123. The van der Waals surface area contributed by atoms with Crippen LogP contribution in [-0.2, 0) is 9.53 Å². The van der Waals surface area contributed by atoms with Crippen molar-refractivity contribution in [2.75, 3.05) is 20.2 Å². The van der Waals surface area contributed by atoms with Gasteiger partial charge in [0.1, 0.15) is 5.69 Å². The Morgan fingerprint density at radius 1 is 1.21 bits per heavy atom. The van der Waals surface area contributed by atoms with E-state index in [0.717, 1.165) is 30.2 Å². The molecule has 0 radical (unpaired) electrons. The fourth-order valence-corrected chi connectivity index (χ4v) is 3.93. The lowest BCUT2D eigenvalue weighted by molar-refractivity contribution is -0.128. The molecule has 1 aliphatic rings. The number of carbonyl (C=O) groups is 2. The average molecular weight is 386 g/mol. The van der Waals surface area contributed by atoms with Gasteiger partial charge in [-0.3, -0.25) is 9.59 Å². The van der Waals surface area contributed by atoms with E-state index >= 15 is 0 Å². The van der Waals surface area contributed by atoms with Gasteiger partial charge in [-0.2, -0.15) is 0 Å². The van der Waals surface area contributed by atoms with Crippen LogP contribution in [0.1, 0.15) is 47.8 Å². The molecule has 28 heavy (non-hydrogen) atoms. The van der Waals surface area contributed by atoms with Crippen molar-refractivity contribution in [3.63, 3.8) is 0 Å². The molecule has 3 rings (SSSR count). The Bertz CT molecular complexity index is 858. The molecule has 6 nitrogen and oxygen atoms in total. The van der Waals surface area contributed by atoms with Crippen molar-refractivity contribution in [2.45, 2.75) is 46.1 Å². The number of fused-ring (bicyclic) bond motifs is 1. The second-order valence-corrected chi connectivity index (χ2v) is 8.02. The fraction of sp³-hybridized carbons (Fsp3) is 0.545. The zero-order valence-corrected chi connectivity index (χ0v) is 17.2. The summed E-state index contributed by atoms with van der Waals surface area (Å²) in [6.45, 7) is 7.19. The third-order valence-electron chi connectivity index (χ3n) is 5.92. The number of aromatic amines is 1. The van der Waals surface area contributed by atoms with Crippen molar-refractivity contribution in [3.05, 3.63) is 35.0 Å². The van der Waals surface area contributed by atoms with E-state index in [9.17, 15) is 9.59 Å². The smallest absolute Gasteiger partial charge is 0.267 e. The molecule has 0 bridgehead atoms. The highest BCUT2D eigenvalue weighted by molar-refractivity contribution is 5.99. The molecule has 1 fully saturated rings. The highest BCUT2D eigenvalue weighted by Crippen LogP contribution is 2.28. The molecule has 1 aliphatic carbocycles. The highest BCUT2D eigenvalue weighted by atomic mass is 16.5. The normalized spacial score (nSPS) is 20.3. The molecule has 2 amide bonds. The lowest BCUT2D eigenvalue weighted by atomic mass is 10.0. The first-order valence-electron chi connectivity index (χ1n) is 10.1. The maximum atomic E-state index is 12.5. The van der Waals surface area contributed by atoms with Crippen LogP contribution < -0.4 is 10.6 Å². The van der Waals surface area contributed by atoms with Crippen molar-refractivity contribution < 1.29 is 14.3 Å². The Labute approximate surface area is 166 Å². The summed E-state index contributed by atoms with van der Waals surface area (Å²) in [5, 5.41) is 7.05. The molecule has 2 aromatic rings. The van der Waals surface area contributed by atoms with Gasteiger partial charge in [-0.15, -0.1) is 0 Å². The second kappa shape index (κ2) is 8.78. The van der Waals surface area contributed by atoms with E-state index in [-0.39, 0.29) is 29.8 Å². The van der Waals surface area contributed by atoms with E-state index in [1.807, 2.05) is 19.1 Å². The Balaban J connectivity index is 1.49. The van der Waals surface area contributed by atoms with Crippen LogP contribution in [-0.4, -0.2) is 43.1 Å². The third-order valence-corrected chi connectivity index (χ3v) is 5.92. The number of methoxy groups -OCH3 is 1. The van der Waals surface area contributed by atoms with Crippen LogP contribution in [0.25, 0.3) is 10.9 Å². The van der Waals surface area contributed by atoms with Gasteiger partial charge in [0.15, 0.2) is 0 Å². The van der Waals surface area contributed by atoms with Crippen molar-refractivity contribution in [1.82, 2.24) is 15.6 Å². The zero-order chi connectivity index (χ0) is 20.3. The van der Waals surface area contributed by atoms with Crippen molar-refractivity contribution >= 4 is 22.7 Å². The van der Waals surface area contributed by atoms with Crippen LogP contribution in [0.3, 0.4) is 0 Å². The lowest BCUT2D eigenvalue weighted by Gasteiger charge is -2.19. The molecule has 3 N–H and O–H groups in total. The van der Waals surface area contributed by atoms with Gasteiger partial charge < -0.3 is 20.4 Å². The third kappa shape index (κ3) is 4.38. The van der Waals surface area contributed by atoms with Crippen molar-refractivity contribution in [3.8, 4) is 0 Å². The Morgan fingerprint density at radius 3 is 2.71 bits per heavy atom. The summed E-state index contributed by atoms with van der Waals surface area (Å²) in [6.07, 6.45) is 2.90. The molecule has 1 saturated carbocycles. The van der Waals surface area contributed by atoms with E-state index in [0.29, 0.717) is 18.8 Å². The van der Waals surface area contributed by atoms with Gasteiger partial charge in [-0.25, -0.2) is 0 Å². The largest absolute Gasteiger partial charge is 0.381 e. The second-order valence-electron chi connectivity index (χ2n) is 8.02. The van der Waals surface area contributed by atoms with Crippen LogP contribution >= 0.6 is 0 Å². The maximum absolute atomic E-state index is 12.5. The minimum absolute atomic E-state index is 0.0316. The van der Waals surface area contributed by atoms with E-state index < -0.39 is 0 Å². The quantitative estimate of drug-likeness (QED) is 0.685. The topological polar surface area (TPSA) is 83.2 Å². The first-order valence-corrected chi connectivity index (χ1v) is 10.1. The van der Waals surface area contributed by atoms with Crippen LogP contribution in [0.2, 0.25) is 0 Å². The van der Waals surface area contributed by atoms with E-state index in [2.05, 4.69) is 35.5 Å². The molecule has 3 unspecified atom stereocenters. The van der Waals surface area contributed by atoms with Gasteiger partial charge in [-0.05, 0) is 62.3 Å². The molecule has 3 atom stereocenters. The zero-order valence-electron chi connectivity index (χ0n) is 17.2. The number of carbonyl (C=O) groups excluding carboxylic acids is 2. The molecule has 0 saturated heterocycles. The number of benzene rings is 1. The average Bonchev–Trinajstić information content (AvgIpc) is 3.34. The number of nitrogens with one attached hydrogen (secondary N) is 3. The monoisotopic (exact) mass is 385 g/mol. The van der Waals surface area contributed by atoms with Gasteiger partial charge in [0.25, 0.3) is 5.91 Å².